The number of hydrogen-bond acceptors (Lipinski definition) is 3. The van der Waals surface area contributed by atoms with Crippen LogP contribution >= 0.6 is 0 Å². The summed E-state index contributed by atoms with van der Waals surface area (Å²) in [6.07, 6.45) is 10.3. The van der Waals surface area contributed by atoms with Crippen molar-refractivity contribution in [1.82, 2.24) is 19.4 Å². The normalized spacial score (nSPS) is 23.7. The van der Waals surface area contributed by atoms with Crippen LogP contribution in [-0.2, 0) is 17.8 Å². The molecule has 0 spiro atoms. The molecular formula is C15H16N4O. The first-order valence-electron chi connectivity index (χ1n) is 7.03. The zero-order valence-electron chi connectivity index (χ0n) is 11.1. The number of carbonyl (C=O) groups is 1. The molecule has 20 heavy (non-hydrogen) atoms. The van der Waals surface area contributed by atoms with Crippen LogP contribution in [0.4, 0.5) is 0 Å². The molecule has 2 bridgehead atoms. The van der Waals surface area contributed by atoms with Gasteiger partial charge in [-0.15, -0.1) is 0 Å². The molecule has 0 aromatic carbocycles. The van der Waals surface area contributed by atoms with Crippen LogP contribution in [0.15, 0.2) is 37.1 Å². The number of fused-ring (bicyclic) bond motifs is 4. The van der Waals surface area contributed by atoms with Crippen molar-refractivity contribution in [2.24, 2.45) is 0 Å². The Labute approximate surface area is 117 Å². The molecule has 0 aliphatic carbocycles. The quantitative estimate of drug-likeness (QED) is 0.830. The first-order chi connectivity index (χ1) is 9.83. The monoisotopic (exact) mass is 268 g/mol. The van der Waals surface area contributed by atoms with Gasteiger partial charge in [0.2, 0.25) is 5.91 Å². The lowest BCUT2D eigenvalue weighted by Crippen LogP contribution is -2.43. The molecule has 1 amide bonds. The highest BCUT2D eigenvalue weighted by Crippen LogP contribution is 2.42. The highest BCUT2D eigenvalue weighted by Gasteiger charge is 2.42. The fourth-order valence-corrected chi connectivity index (χ4v) is 3.52. The standard InChI is InChI=1S/C15H16N4O/c20-15(9-18-5-1-2-6-18)19-11-3-4-14(19)12-8-16-10-17-13(12)7-11/h1-2,5-6,8,10-11,14H,3-4,7,9H2. The first kappa shape index (κ1) is 11.6. The summed E-state index contributed by atoms with van der Waals surface area (Å²) in [5.74, 6) is 0.197. The Kier molecular flexibility index (Phi) is 2.58. The third kappa shape index (κ3) is 1.73. The number of aromatic nitrogens is 3. The summed E-state index contributed by atoms with van der Waals surface area (Å²) in [4.78, 5) is 23.2. The van der Waals surface area contributed by atoms with Crippen molar-refractivity contribution in [2.75, 3.05) is 0 Å². The van der Waals surface area contributed by atoms with E-state index >= 15 is 0 Å². The lowest BCUT2D eigenvalue weighted by atomic mass is 9.99. The van der Waals surface area contributed by atoms with Gasteiger partial charge in [-0.1, -0.05) is 0 Å². The molecule has 2 atom stereocenters. The van der Waals surface area contributed by atoms with Crippen LogP contribution in [0.5, 0.6) is 0 Å². The average molecular weight is 268 g/mol. The van der Waals surface area contributed by atoms with Crippen molar-refractivity contribution in [1.29, 1.82) is 0 Å². The third-order valence-electron chi connectivity index (χ3n) is 4.39. The number of carbonyl (C=O) groups excluding carboxylic acids is 1. The van der Waals surface area contributed by atoms with Gasteiger partial charge in [0.1, 0.15) is 12.9 Å². The van der Waals surface area contributed by atoms with Gasteiger partial charge in [0.15, 0.2) is 0 Å². The smallest absolute Gasteiger partial charge is 0.243 e. The van der Waals surface area contributed by atoms with E-state index in [0.29, 0.717) is 12.6 Å². The van der Waals surface area contributed by atoms with Crippen molar-refractivity contribution >= 4 is 5.91 Å². The van der Waals surface area contributed by atoms with Crippen molar-refractivity contribution < 1.29 is 4.79 Å². The minimum atomic E-state index is 0.174. The summed E-state index contributed by atoms with van der Waals surface area (Å²) in [6.45, 7) is 0.420. The first-order valence-corrected chi connectivity index (χ1v) is 7.03. The number of hydrogen-bond donors (Lipinski definition) is 0. The van der Waals surface area contributed by atoms with Crippen LogP contribution < -0.4 is 0 Å². The molecule has 1 saturated heterocycles. The molecule has 4 heterocycles. The summed E-state index contributed by atoms with van der Waals surface area (Å²) in [7, 11) is 0. The summed E-state index contributed by atoms with van der Waals surface area (Å²) in [5, 5.41) is 0. The number of nitrogens with zero attached hydrogens (tertiary/aromatic N) is 4. The van der Waals surface area contributed by atoms with Crippen molar-refractivity contribution in [3.63, 3.8) is 0 Å². The Hall–Kier alpha value is -2.17. The fourth-order valence-electron chi connectivity index (χ4n) is 3.52. The second-order valence-corrected chi connectivity index (χ2v) is 5.53. The van der Waals surface area contributed by atoms with E-state index in [4.69, 9.17) is 0 Å². The van der Waals surface area contributed by atoms with E-state index in [1.807, 2.05) is 35.3 Å². The molecule has 0 saturated carbocycles. The van der Waals surface area contributed by atoms with Gasteiger partial charge >= 0.3 is 0 Å². The third-order valence-corrected chi connectivity index (χ3v) is 4.39. The molecule has 2 aliphatic rings. The maximum Gasteiger partial charge on any atom is 0.243 e. The van der Waals surface area contributed by atoms with E-state index in [1.54, 1.807) is 6.33 Å². The molecule has 2 aromatic rings. The summed E-state index contributed by atoms with van der Waals surface area (Å²) < 4.78 is 1.93. The fraction of sp³-hybridized carbons (Fsp3) is 0.400. The Bertz CT molecular complexity index is 637. The van der Waals surface area contributed by atoms with Gasteiger partial charge in [-0.05, 0) is 25.0 Å². The van der Waals surface area contributed by atoms with Crippen molar-refractivity contribution in [3.8, 4) is 0 Å². The zero-order valence-corrected chi connectivity index (χ0v) is 11.1. The van der Waals surface area contributed by atoms with Gasteiger partial charge in [-0.2, -0.15) is 0 Å². The van der Waals surface area contributed by atoms with Crippen LogP contribution in [0.25, 0.3) is 0 Å². The maximum absolute atomic E-state index is 12.6. The van der Waals surface area contributed by atoms with Gasteiger partial charge in [0.25, 0.3) is 0 Å². The van der Waals surface area contributed by atoms with Gasteiger partial charge in [0.05, 0.1) is 11.7 Å². The van der Waals surface area contributed by atoms with Gasteiger partial charge in [0, 0.05) is 36.6 Å². The molecule has 4 rings (SSSR count). The number of rotatable bonds is 2. The summed E-state index contributed by atoms with van der Waals surface area (Å²) in [6, 6.07) is 4.38. The highest BCUT2D eigenvalue weighted by atomic mass is 16.2. The lowest BCUT2D eigenvalue weighted by Gasteiger charge is -2.35. The molecule has 102 valence electrons. The molecule has 2 aromatic heterocycles. The Morgan fingerprint density at radius 2 is 2.15 bits per heavy atom. The van der Waals surface area contributed by atoms with Crippen LogP contribution in [-0.4, -0.2) is 31.4 Å². The predicted molar refractivity (Wildman–Crippen MR) is 72.8 cm³/mol. The summed E-state index contributed by atoms with van der Waals surface area (Å²) in [5.41, 5.74) is 2.26. The molecule has 5 nitrogen and oxygen atoms in total. The second kappa shape index (κ2) is 4.44. The van der Waals surface area contributed by atoms with E-state index in [1.165, 1.54) is 0 Å². The topological polar surface area (TPSA) is 51.0 Å². The van der Waals surface area contributed by atoms with E-state index in [0.717, 1.165) is 30.5 Å². The van der Waals surface area contributed by atoms with Crippen molar-refractivity contribution in [3.05, 3.63) is 48.3 Å². The zero-order chi connectivity index (χ0) is 13.5. The molecule has 1 fully saturated rings. The van der Waals surface area contributed by atoms with Crippen LogP contribution in [0.1, 0.15) is 30.1 Å². The van der Waals surface area contributed by atoms with Gasteiger partial charge < -0.3 is 9.47 Å². The predicted octanol–water partition coefficient (Wildman–Crippen LogP) is 1.57. The second-order valence-electron chi connectivity index (χ2n) is 5.53. The van der Waals surface area contributed by atoms with Crippen molar-refractivity contribution in [2.45, 2.75) is 37.9 Å². The van der Waals surface area contributed by atoms with E-state index < -0.39 is 0 Å². The SMILES string of the molecule is O=C(Cn1cccc1)N1C2CCC1c1cncnc1C2. The van der Waals surface area contributed by atoms with Gasteiger partial charge in [-0.25, -0.2) is 9.97 Å². The molecule has 0 N–H and O–H groups in total. The molecule has 5 heteroatoms. The minimum Gasteiger partial charge on any atom is -0.345 e. The van der Waals surface area contributed by atoms with Crippen LogP contribution in [0.2, 0.25) is 0 Å². The Balaban J connectivity index is 1.63. The Morgan fingerprint density at radius 3 is 3.00 bits per heavy atom. The molecule has 2 aliphatic heterocycles. The minimum absolute atomic E-state index is 0.174. The van der Waals surface area contributed by atoms with E-state index in [9.17, 15) is 4.79 Å². The maximum atomic E-state index is 12.6. The highest BCUT2D eigenvalue weighted by molar-refractivity contribution is 5.77. The van der Waals surface area contributed by atoms with E-state index in [2.05, 4.69) is 14.9 Å². The Morgan fingerprint density at radius 1 is 1.30 bits per heavy atom. The number of amides is 1. The molecule has 2 unspecified atom stereocenters. The average Bonchev–Trinajstić information content (AvgIpc) is 3.06. The van der Waals surface area contributed by atoms with Crippen LogP contribution in [0, 0.1) is 0 Å². The lowest BCUT2D eigenvalue weighted by molar-refractivity contribution is -0.135. The summed E-state index contributed by atoms with van der Waals surface area (Å²) >= 11 is 0. The van der Waals surface area contributed by atoms with Crippen LogP contribution in [0.3, 0.4) is 0 Å². The molecular weight excluding hydrogens is 252 g/mol. The molecule has 0 radical (unpaired) electrons. The van der Waals surface area contributed by atoms with E-state index in [-0.39, 0.29) is 11.9 Å². The largest absolute Gasteiger partial charge is 0.345 e. The van der Waals surface area contributed by atoms with Gasteiger partial charge in [-0.3, -0.25) is 4.79 Å².